The molecule has 1 aromatic heterocycles. The van der Waals surface area contributed by atoms with Gasteiger partial charge >= 0.3 is 0 Å². The first-order valence-corrected chi connectivity index (χ1v) is 9.05. The van der Waals surface area contributed by atoms with Crippen LogP contribution in [0.2, 0.25) is 0 Å². The lowest BCUT2D eigenvalue weighted by molar-refractivity contribution is -0.114. The standard InChI is InChI=1S/C18H25N5OS/c1-13(24)21-16-7-5-15(6-8-16)9-10-20-18(19-3)23(4)11-17-12-25-14(2)22-17/h5-8,12H,9-11H2,1-4H3,(H,19,20)(H,21,24). The molecule has 2 aromatic rings. The molecule has 1 aromatic carbocycles. The number of rotatable bonds is 6. The van der Waals surface area contributed by atoms with Crippen molar-refractivity contribution in [3.8, 4) is 0 Å². The highest BCUT2D eigenvalue weighted by Crippen LogP contribution is 2.11. The third kappa shape index (κ3) is 6.19. The smallest absolute Gasteiger partial charge is 0.221 e. The van der Waals surface area contributed by atoms with Gasteiger partial charge in [0, 0.05) is 38.6 Å². The van der Waals surface area contributed by atoms with E-state index in [9.17, 15) is 4.79 Å². The van der Waals surface area contributed by atoms with Crippen molar-refractivity contribution in [2.24, 2.45) is 4.99 Å². The summed E-state index contributed by atoms with van der Waals surface area (Å²) in [6, 6.07) is 7.89. The van der Waals surface area contributed by atoms with Crippen LogP contribution in [0, 0.1) is 6.92 Å². The lowest BCUT2D eigenvalue weighted by Gasteiger charge is -2.21. The molecule has 0 radical (unpaired) electrons. The Morgan fingerprint density at radius 3 is 2.60 bits per heavy atom. The van der Waals surface area contributed by atoms with Crippen molar-refractivity contribution in [3.63, 3.8) is 0 Å². The number of guanidine groups is 1. The van der Waals surface area contributed by atoms with Gasteiger partial charge in [0.15, 0.2) is 5.96 Å². The van der Waals surface area contributed by atoms with Crippen LogP contribution in [0.5, 0.6) is 0 Å². The summed E-state index contributed by atoms with van der Waals surface area (Å²) in [6.07, 6.45) is 0.878. The number of hydrogen-bond acceptors (Lipinski definition) is 4. The van der Waals surface area contributed by atoms with Gasteiger partial charge in [-0.3, -0.25) is 9.79 Å². The molecule has 2 rings (SSSR count). The molecule has 0 aliphatic heterocycles. The molecule has 0 spiro atoms. The zero-order valence-electron chi connectivity index (χ0n) is 15.2. The molecule has 0 unspecified atom stereocenters. The SMILES string of the molecule is CN=C(NCCc1ccc(NC(C)=O)cc1)N(C)Cc1csc(C)n1. The Morgan fingerprint density at radius 2 is 2.04 bits per heavy atom. The van der Waals surface area contributed by atoms with Gasteiger partial charge in [0.1, 0.15) is 0 Å². The van der Waals surface area contributed by atoms with E-state index in [1.165, 1.54) is 12.5 Å². The van der Waals surface area contributed by atoms with Crippen molar-refractivity contribution in [1.82, 2.24) is 15.2 Å². The third-order valence-corrected chi connectivity index (χ3v) is 4.43. The second kappa shape index (κ2) is 9.17. The zero-order chi connectivity index (χ0) is 18.2. The van der Waals surface area contributed by atoms with Crippen molar-refractivity contribution in [1.29, 1.82) is 0 Å². The van der Waals surface area contributed by atoms with Crippen LogP contribution < -0.4 is 10.6 Å². The molecule has 6 nitrogen and oxygen atoms in total. The fraction of sp³-hybridized carbons (Fsp3) is 0.389. The van der Waals surface area contributed by atoms with Gasteiger partial charge < -0.3 is 15.5 Å². The van der Waals surface area contributed by atoms with Crippen molar-refractivity contribution >= 4 is 28.9 Å². The number of aromatic nitrogens is 1. The minimum atomic E-state index is -0.0587. The second-order valence-electron chi connectivity index (χ2n) is 5.82. The third-order valence-electron chi connectivity index (χ3n) is 3.61. The molecule has 0 atom stereocenters. The molecular formula is C18H25N5OS. The molecule has 0 aliphatic carbocycles. The summed E-state index contributed by atoms with van der Waals surface area (Å²) in [5.74, 6) is 0.789. The zero-order valence-corrected chi connectivity index (χ0v) is 16.0. The first-order valence-electron chi connectivity index (χ1n) is 8.17. The van der Waals surface area contributed by atoms with E-state index in [0.29, 0.717) is 0 Å². The van der Waals surface area contributed by atoms with E-state index < -0.39 is 0 Å². The number of anilines is 1. The summed E-state index contributed by atoms with van der Waals surface area (Å²) in [5.41, 5.74) is 3.08. The van der Waals surface area contributed by atoms with Gasteiger partial charge in [-0.1, -0.05) is 12.1 Å². The largest absolute Gasteiger partial charge is 0.356 e. The highest BCUT2D eigenvalue weighted by atomic mass is 32.1. The molecule has 0 aliphatic rings. The maximum Gasteiger partial charge on any atom is 0.221 e. The number of nitrogens with one attached hydrogen (secondary N) is 2. The first-order chi connectivity index (χ1) is 12.0. The summed E-state index contributed by atoms with van der Waals surface area (Å²) >= 11 is 1.66. The fourth-order valence-corrected chi connectivity index (χ4v) is 3.06. The predicted molar refractivity (Wildman–Crippen MR) is 104 cm³/mol. The topological polar surface area (TPSA) is 69.6 Å². The normalized spacial score (nSPS) is 11.3. The van der Waals surface area contributed by atoms with Crippen LogP contribution in [0.25, 0.3) is 0 Å². The minimum absolute atomic E-state index is 0.0587. The summed E-state index contributed by atoms with van der Waals surface area (Å²) in [7, 11) is 3.79. The lowest BCUT2D eigenvalue weighted by atomic mass is 10.1. The summed E-state index contributed by atoms with van der Waals surface area (Å²) < 4.78 is 0. The molecule has 0 saturated carbocycles. The average molecular weight is 359 g/mol. The van der Waals surface area contributed by atoms with Crippen LogP contribution in [0.15, 0.2) is 34.6 Å². The quantitative estimate of drug-likeness (QED) is 0.614. The minimum Gasteiger partial charge on any atom is -0.356 e. The number of amides is 1. The monoisotopic (exact) mass is 359 g/mol. The Balaban J connectivity index is 1.81. The van der Waals surface area contributed by atoms with Crippen LogP contribution in [-0.4, -0.2) is 42.4 Å². The van der Waals surface area contributed by atoms with E-state index in [-0.39, 0.29) is 5.91 Å². The lowest BCUT2D eigenvalue weighted by Crippen LogP contribution is -2.39. The van der Waals surface area contributed by atoms with E-state index in [2.05, 4.69) is 30.9 Å². The van der Waals surface area contributed by atoms with E-state index in [4.69, 9.17) is 0 Å². The van der Waals surface area contributed by atoms with E-state index >= 15 is 0 Å². The van der Waals surface area contributed by atoms with Crippen molar-refractivity contribution < 1.29 is 4.79 Å². The molecule has 2 N–H and O–H groups in total. The maximum absolute atomic E-state index is 11.0. The molecule has 0 saturated heterocycles. The van der Waals surface area contributed by atoms with Crippen molar-refractivity contribution in [3.05, 3.63) is 45.9 Å². The van der Waals surface area contributed by atoms with Crippen LogP contribution in [0.1, 0.15) is 23.2 Å². The van der Waals surface area contributed by atoms with Crippen LogP contribution in [0.4, 0.5) is 5.69 Å². The Bertz CT molecular complexity index is 723. The van der Waals surface area contributed by atoms with E-state index in [0.717, 1.165) is 41.9 Å². The van der Waals surface area contributed by atoms with Gasteiger partial charge in [-0.15, -0.1) is 11.3 Å². The number of aryl methyl sites for hydroxylation is 1. The second-order valence-corrected chi connectivity index (χ2v) is 6.88. The predicted octanol–water partition coefficient (Wildman–Crippen LogP) is 2.66. The maximum atomic E-state index is 11.0. The number of aliphatic imine (C=N–C) groups is 1. The van der Waals surface area contributed by atoms with Crippen LogP contribution in [-0.2, 0) is 17.8 Å². The molecule has 0 bridgehead atoms. The van der Waals surface area contributed by atoms with Crippen LogP contribution >= 0.6 is 11.3 Å². The summed E-state index contributed by atoms with van der Waals surface area (Å²) in [5, 5.41) is 9.30. The molecule has 0 fully saturated rings. The number of hydrogen-bond donors (Lipinski definition) is 2. The highest BCUT2D eigenvalue weighted by Gasteiger charge is 2.08. The van der Waals surface area contributed by atoms with Gasteiger partial charge in [-0.05, 0) is 31.0 Å². The molecule has 7 heteroatoms. The number of benzene rings is 1. The van der Waals surface area contributed by atoms with Gasteiger partial charge in [-0.25, -0.2) is 4.98 Å². The van der Waals surface area contributed by atoms with Gasteiger partial charge in [0.25, 0.3) is 0 Å². The molecule has 1 heterocycles. The molecule has 134 valence electrons. The van der Waals surface area contributed by atoms with Gasteiger partial charge in [0.2, 0.25) is 5.91 Å². The van der Waals surface area contributed by atoms with E-state index in [1.807, 2.05) is 38.2 Å². The molecular weight excluding hydrogens is 334 g/mol. The number of carbonyl (C=O) groups is 1. The van der Waals surface area contributed by atoms with Gasteiger partial charge in [-0.2, -0.15) is 0 Å². The molecule has 25 heavy (non-hydrogen) atoms. The van der Waals surface area contributed by atoms with Crippen molar-refractivity contribution in [2.75, 3.05) is 26.0 Å². The number of carbonyl (C=O) groups excluding carboxylic acids is 1. The summed E-state index contributed by atoms with van der Waals surface area (Å²) in [4.78, 5) is 21.9. The number of thiazole rings is 1. The highest BCUT2D eigenvalue weighted by molar-refractivity contribution is 7.09. The number of nitrogens with zero attached hydrogens (tertiary/aromatic N) is 3. The fourth-order valence-electron chi connectivity index (χ4n) is 2.46. The molecule has 1 amide bonds. The first kappa shape index (κ1) is 18.9. The Hall–Kier alpha value is -2.41. The van der Waals surface area contributed by atoms with E-state index in [1.54, 1.807) is 18.4 Å². The van der Waals surface area contributed by atoms with Crippen LogP contribution in [0.3, 0.4) is 0 Å². The Labute approximate surface area is 153 Å². The Morgan fingerprint density at radius 1 is 1.32 bits per heavy atom. The summed E-state index contributed by atoms with van der Waals surface area (Å²) in [6.45, 7) is 5.04. The average Bonchev–Trinajstić information content (AvgIpc) is 2.97. The van der Waals surface area contributed by atoms with Crippen molar-refractivity contribution in [2.45, 2.75) is 26.8 Å². The Kier molecular flexibility index (Phi) is 6.94. The van der Waals surface area contributed by atoms with Gasteiger partial charge in [0.05, 0.1) is 17.2 Å².